The van der Waals surface area contributed by atoms with Gasteiger partial charge in [-0.3, -0.25) is 19.6 Å². The summed E-state index contributed by atoms with van der Waals surface area (Å²) in [5.41, 5.74) is 9.93. The van der Waals surface area contributed by atoms with Crippen LogP contribution in [0.3, 0.4) is 0 Å². The number of nitrogens with two attached hydrogens (primary N) is 1. The van der Waals surface area contributed by atoms with Crippen molar-refractivity contribution in [3.05, 3.63) is 148 Å². The second kappa shape index (κ2) is 22.3. The zero-order chi connectivity index (χ0) is 54.5. The van der Waals surface area contributed by atoms with Gasteiger partial charge >= 0.3 is 12.4 Å². The number of hydrogen-bond donors (Lipinski definition) is 3. The number of amides is 2. The Morgan fingerprint density at radius 1 is 0.623 bits per heavy atom. The van der Waals surface area contributed by atoms with Crippen LogP contribution in [0, 0.1) is 27.7 Å². The second-order valence-corrected chi connectivity index (χ2v) is 15.5. The van der Waals surface area contributed by atoms with Gasteiger partial charge in [0.05, 0.1) is 0 Å². The lowest BCUT2D eigenvalue weighted by molar-refractivity contribution is -0.142. The van der Waals surface area contributed by atoms with E-state index < -0.39 is 49.4 Å². The maximum Gasteiger partial charge on any atom is 0.433 e. The van der Waals surface area contributed by atoms with Gasteiger partial charge in [-0.25, -0.2) is 29.9 Å². The third-order valence-corrected chi connectivity index (χ3v) is 10.6. The molecule has 69 heavy (non-hydrogen) atoms. The van der Waals surface area contributed by atoms with Gasteiger partial charge in [-0.1, -0.05) is 30.7 Å². The fourth-order valence-electron chi connectivity index (χ4n) is 6.69. The number of pyridine rings is 4. The van der Waals surface area contributed by atoms with Gasteiger partial charge in [-0.2, -0.15) is 26.3 Å². The summed E-state index contributed by atoms with van der Waals surface area (Å²) in [6, 6.07) is 18.1. The van der Waals surface area contributed by atoms with Gasteiger partial charge in [0.2, 0.25) is 0 Å². The molecule has 0 atom stereocenters. The van der Waals surface area contributed by atoms with Crippen LogP contribution in [0.15, 0.2) is 103 Å². The first kappa shape index (κ1) is 44.4. The van der Waals surface area contributed by atoms with Crippen LogP contribution in [-0.2, 0) is 18.8 Å². The SMILES string of the molecule is CSc1ncc2cc(-c3cc(NC(=O)c4ccnc(C(F)(F)F)c4)ccc3C)c(C)nc2n1.Cl.[2H]C([2H])([2H])Cc1ncc2cc(-c3cc(NC(=O)c4ccnc(C(F)(F)F)c4)ccc3C)c(C)nc2n1.[2H]C([2H])([2H])N. The van der Waals surface area contributed by atoms with Crippen LogP contribution < -0.4 is 16.4 Å². The van der Waals surface area contributed by atoms with Crippen LogP contribution in [-0.4, -0.2) is 64.9 Å². The smallest absolute Gasteiger partial charge is 0.333 e. The molecule has 8 aromatic rings. The molecule has 0 aliphatic carbocycles. The average molecular weight is 994 g/mol. The molecule has 0 fully saturated rings. The number of rotatable bonds is 8. The number of hydrogen-bond acceptors (Lipinski definition) is 12. The number of fused-ring (bicyclic) bond motifs is 2. The number of thioether (sulfide) groups is 1. The molecule has 2 amide bonds. The third kappa shape index (κ3) is 12.7. The largest absolute Gasteiger partial charge is 0.433 e. The third-order valence-electron chi connectivity index (χ3n) is 10.1. The fraction of sp³-hybridized carbons (Fsp3) is 0.208. The molecule has 0 unspecified atom stereocenters. The van der Waals surface area contributed by atoms with Crippen molar-refractivity contribution < 1.29 is 44.2 Å². The quantitative estimate of drug-likeness (QED) is 0.0744. The van der Waals surface area contributed by atoms with E-state index >= 15 is 0 Å². The monoisotopic (exact) mass is 993 g/mol. The maximum atomic E-state index is 13.0. The highest BCUT2D eigenvalue weighted by Crippen LogP contribution is 2.34. The van der Waals surface area contributed by atoms with Crippen molar-refractivity contribution in [2.75, 3.05) is 23.9 Å². The molecule has 6 heterocycles. The number of anilines is 2. The number of carbonyl (C=O) groups excluding carboxylic acids is 2. The molecule has 0 radical (unpaired) electrons. The number of aromatic nitrogens is 8. The van der Waals surface area contributed by atoms with Crippen molar-refractivity contribution in [1.29, 1.82) is 0 Å². The molecule has 2 aromatic carbocycles. The highest BCUT2D eigenvalue weighted by Gasteiger charge is 2.34. The second-order valence-electron chi connectivity index (χ2n) is 14.7. The van der Waals surface area contributed by atoms with Crippen LogP contribution in [0.25, 0.3) is 44.3 Å². The first-order valence-corrected chi connectivity index (χ1v) is 21.2. The zero-order valence-electron chi connectivity index (χ0n) is 43.0. The lowest BCUT2D eigenvalue weighted by Crippen LogP contribution is -2.15. The predicted octanol–water partition coefficient (Wildman–Crippen LogP) is 11.2. The minimum Gasteiger partial charge on any atom is -0.333 e. The molecule has 358 valence electrons. The van der Waals surface area contributed by atoms with Crippen molar-refractivity contribution in [2.45, 2.75) is 58.5 Å². The molecule has 8 rings (SSSR count). The van der Waals surface area contributed by atoms with Crippen LogP contribution in [0.1, 0.15) is 75.5 Å². The van der Waals surface area contributed by atoms with Gasteiger partial charge in [0.15, 0.2) is 16.5 Å². The molecule has 21 heteroatoms. The summed E-state index contributed by atoms with van der Waals surface area (Å²) < 4.78 is 118. The number of halogens is 7. The van der Waals surface area contributed by atoms with E-state index in [0.717, 1.165) is 62.9 Å². The highest BCUT2D eigenvalue weighted by molar-refractivity contribution is 7.98. The number of alkyl halides is 6. The summed E-state index contributed by atoms with van der Waals surface area (Å²) in [6.45, 7) is 3.00. The number of aryl methyl sites for hydroxylation is 5. The Labute approximate surface area is 411 Å². The molecular formula is C48H44ClF6N11O2S. The van der Waals surface area contributed by atoms with Gasteiger partial charge in [0.1, 0.15) is 17.2 Å². The summed E-state index contributed by atoms with van der Waals surface area (Å²) in [7, 11) is 0. The number of nitrogens with one attached hydrogen (secondary N) is 2. The standard InChI is InChI=1S/C24H20F3N5O.C23H18F3N5OS.CH5N.ClH/c1-4-21-29-12-16-9-19(14(3)30-22(16)32-21)18-11-17(6-5-13(18)2)31-23(33)15-7-8-28-20(10-15)24(25,26)27;1-12-4-5-16(30-21(32)14-6-7-27-19(9-14)23(24,25)26)10-17(12)18-8-15-11-28-22(33-3)31-20(15)29-13(18)2;1-2;/h5-12H,4H2,1-3H3,(H,31,33);4-11H,1-3H3,(H,30,32);2H2,1H3;1H/i1D3;;1D3;. The van der Waals surface area contributed by atoms with E-state index in [2.05, 4.69) is 56.2 Å². The summed E-state index contributed by atoms with van der Waals surface area (Å²) in [6.07, 6.45) is -2.54. The number of benzene rings is 2. The van der Waals surface area contributed by atoms with Crippen LogP contribution in [0.5, 0.6) is 0 Å². The Morgan fingerprint density at radius 3 is 1.51 bits per heavy atom. The molecule has 13 nitrogen and oxygen atoms in total. The molecule has 4 N–H and O–H groups in total. The van der Waals surface area contributed by atoms with E-state index in [-0.39, 0.29) is 35.8 Å². The van der Waals surface area contributed by atoms with Crippen molar-refractivity contribution in [2.24, 2.45) is 5.73 Å². The molecule has 0 bridgehead atoms. The van der Waals surface area contributed by atoms with E-state index in [1.165, 1.54) is 30.1 Å². The Balaban J connectivity index is 0.000000252. The van der Waals surface area contributed by atoms with Crippen LogP contribution in [0.4, 0.5) is 37.7 Å². The van der Waals surface area contributed by atoms with Gasteiger partial charge in [-0.05, 0) is 124 Å². The molecule has 0 aliphatic heterocycles. The number of nitrogens with zero attached hydrogens (tertiary/aromatic N) is 8. The molecule has 0 spiro atoms. The molecular weight excluding hydrogens is 944 g/mol. The Morgan fingerprint density at radius 2 is 1.07 bits per heavy atom. The lowest BCUT2D eigenvalue weighted by atomic mass is 9.98. The molecule has 0 saturated heterocycles. The normalized spacial score (nSPS) is 12.8. The van der Waals surface area contributed by atoms with Crippen LogP contribution in [0.2, 0.25) is 0 Å². The molecule has 0 aliphatic rings. The molecule has 0 saturated carbocycles. The Bertz CT molecular complexity index is 3400. The van der Waals surface area contributed by atoms with E-state index in [9.17, 15) is 35.9 Å². The Hall–Kier alpha value is -7.16. The van der Waals surface area contributed by atoms with E-state index in [1.807, 2.05) is 45.2 Å². The van der Waals surface area contributed by atoms with E-state index in [0.29, 0.717) is 45.0 Å². The van der Waals surface area contributed by atoms with Crippen molar-refractivity contribution in [3.63, 3.8) is 0 Å². The predicted molar refractivity (Wildman–Crippen MR) is 257 cm³/mol. The van der Waals surface area contributed by atoms with Gasteiger partial charge in [0, 0.05) is 95.2 Å². The van der Waals surface area contributed by atoms with Crippen molar-refractivity contribution >= 4 is 69.4 Å². The minimum absolute atomic E-state index is 0. The van der Waals surface area contributed by atoms with Gasteiger partial charge in [-0.15, -0.1) is 12.4 Å². The van der Waals surface area contributed by atoms with Gasteiger partial charge in [0.25, 0.3) is 11.8 Å². The maximum absolute atomic E-state index is 13.0. The summed E-state index contributed by atoms with van der Waals surface area (Å²) in [5, 5.41) is 7.31. The summed E-state index contributed by atoms with van der Waals surface area (Å²) >= 11 is 1.43. The Kier molecular flexibility index (Phi) is 14.3. The summed E-state index contributed by atoms with van der Waals surface area (Å²) in [4.78, 5) is 58.0. The fourth-order valence-corrected chi connectivity index (χ4v) is 7.03. The first-order valence-electron chi connectivity index (χ1n) is 23.0. The van der Waals surface area contributed by atoms with Crippen molar-refractivity contribution in [1.82, 2.24) is 39.9 Å². The topological polar surface area (TPSA) is 187 Å². The van der Waals surface area contributed by atoms with E-state index in [4.69, 9.17) is 8.22 Å². The highest BCUT2D eigenvalue weighted by atomic mass is 35.5. The number of carbonyl (C=O) groups is 2. The summed E-state index contributed by atoms with van der Waals surface area (Å²) in [5.74, 6) is -1.20. The lowest BCUT2D eigenvalue weighted by Gasteiger charge is -2.13. The van der Waals surface area contributed by atoms with Crippen molar-refractivity contribution in [3.8, 4) is 22.3 Å². The average Bonchev–Trinajstić information content (AvgIpc) is 3.31. The minimum atomic E-state index is -4.66. The first-order chi connectivity index (χ1) is 34.4. The van der Waals surface area contributed by atoms with Crippen LogP contribution >= 0.6 is 24.2 Å². The van der Waals surface area contributed by atoms with Gasteiger partial charge < -0.3 is 16.4 Å². The molecule has 6 aromatic heterocycles. The van der Waals surface area contributed by atoms with E-state index in [1.54, 1.807) is 43.5 Å². The zero-order valence-corrected chi connectivity index (χ0v) is 38.6.